The first-order valence-electron chi connectivity index (χ1n) is 6.79. The summed E-state index contributed by atoms with van der Waals surface area (Å²) in [6, 6.07) is 3.47. The van der Waals surface area contributed by atoms with Crippen LogP contribution >= 0.6 is 0 Å². The van der Waals surface area contributed by atoms with Gasteiger partial charge in [-0.05, 0) is 6.07 Å². The number of amides is 1. The van der Waals surface area contributed by atoms with Crippen LogP contribution in [0.1, 0.15) is 16.8 Å². The fourth-order valence-corrected chi connectivity index (χ4v) is 3.44. The van der Waals surface area contributed by atoms with Gasteiger partial charge in [-0.2, -0.15) is 0 Å². The molecule has 1 aliphatic heterocycles. The van der Waals surface area contributed by atoms with Crippen molar-refractivity contribution in [1.82, 2.24) is 0 Å². The molecule has 130 valence electrons. The van der Waals surface area contributed by atoms with Crippen molar-refractivity contribution < 1.29 is 27.7 Å². The second-order valence-corrected chi connectivity index (χ2v) is 7.05. The van der Waals surface area contributed by atoms with Gasteiger partial charge in [-0.15, -0.1) is 0 Å². The van der Waals surface area contributed by atoms with Crippen LogP contribution in [-0.2, 0) is 19.6 Å². The Hall–Kier alpha value is -2.53. The standard InChI is InChI=1S/C13H15N3O7S/c1-23-13(18)9-3-10(5-11(4-9)16(19)20)15-6-8(2-12(15)17)7-24(14,21)22/h3-5,8H,2,6-7H2,1H3,(H2,14,21,22). The predicted molar refractivity (Wildman–Crippen MR) is 82.9 cm³/mol. The van der Waals surface area contributed by atoms with E-state index >= 15 is 0 Å². The van der Waals surface area contributed by atoms with Gasteiger partial charge in [0.25, 0.3) is 5.69 Å². The number of ether oxygens (including phenoxy) is 1. The van der Waals surface area contributed by atoms with Gasteiger partial charge in [0.2, 0.25) is 15.9 Å². The molecule has 1 unspecified atom stereocenters. The Morgan fingerprint density at radius 1 is 1.46 bits per heavy atom. The van der Waals surface area contributed by atoms with Crippen LogP contribution < -0.4 is 10.0 Å². The minimum absolute atomic E-state index is 0.0387. The molecule has 0 bridgehead atoms. The maximum absolute atomic E-state index is 12.1. The van der Waals surface area contributed by atoms with E-state index < -0.39 is 32.7 Å². The number of benzene rings is 1. The van der Waals surface area contributed by atoms with Gasteiger partial charge in [0, 0.05) is 31.0 Å². The molecule has 1 heterocycles. The second-order valence-electron chi connectivity index (χ2n) is 5.39. The summed E-state index contributed by atoms with van der Waals surface area (Å²) in [5, 5.41) is 16.0. The van der Waals surface area contributed by atoms with E-state index in [2.05, 4.69) is 4.74 Å². The van der Waals surface area contributed by atoms with E-state index in [-0.39, 0.29) is 35.7 Å². The number of nitrogens with two attached hydrogens (primary N) is 1. The molecular formula is C13H15N3O7S. The topological polar surface area (TPSA) is 150 Å². The SMILES string of the molecule is COC(=O)c1cc(N2CC(CS(N)(=O)=O)CC2=O)cc([N+](=O)[O-])c1. The maximum atomic E-state index is 12.1. The first-order valence-corrected chi connectivity index (χ1v) is 8.51. The third-order valence-corrected chi connectivity index (χ3v) is 4.46. The highest BCUT2D eigenvalue weighted by molar-refractivity contribution is 7.89. The molecule has 1 atom stereocenters. The van der Waals surface area contributed by atoms with Crippen LogP contribution in [0.3, 0.4) is 0 Å². The number of hydrogen-bond donors (Lipinski definition) is 1. The molecule has 1 saturated heterocycles. The normalized spacial score (nSPS) is 17.8. The molecule has 0 aromatic heterocycles. The second kappa shape index (κ2) is 6.53. The molecule has 2 rings (SSSR count). The zero-order valence-corrected chi connectivity index (χ0v) is 13.5. The third kappa shape index (κ3) is 4.06. The highest BCUT2D eigenvalue weighted by Gasteiger charge is 2.34. The highest BCUT2D eigenvalue weighted by atomic mass is 32.2. The summed E-state index contributed by atoms with van der Waals surface area (Å²) in [7, 11) is -2.62. The van der Waals surface area contributed by atoms with Crippen LogP contribution in [0.25, 0.3) is 0 Å². The van der Waals surface area contributed by atoms with Crippen molar-refractivity contribution in [3.63, 3.8) is 0 Å². The van der Waals surface area contributed by atoms with Crippen molar-refractivity contribution >= 4 is 33.3 Å². The average Bonchev–Trinajstić information content (AvgIpc) is 2.84. The summed E-state index contributed by atoms with van der Waals surface area (Å²) >= 11 is 0. The molecule has 2 N–H and O–H groups in total. The minimum atomic E-state index is -3.74. The van der Waals surface area contributed by atoms with E-state index in [1.807, 2.05) is 0 Å². The van der Waals surface area contributed by atoms with Crippen molar-refractivity contribution in [2.45, 2.75) is 6.42 Å². The van der Waals surface area contributed by atoms with E-state index in [9.17, 15) is 28.1 Å². The summed E-state index contributed by atoms with van der Waals surface area (Å²) in [6.07, 6.45) is -0.0489. The number of nitrogens with zero attached hydrogens (tertiary/aromatic N) is 2. The summed E-state index contributed by atoms with van der Waals surface area (Å²) in [5.41, 5.74) is -0.327. The Bertz CT molecular complexity index is 806. The van der Waals surface area contributed by atoms with Gasteiger partial charge in [-0.1, -0.05) is 0 Å². The Morgan fingerprint density at radius 2 is 2.12 bits per heavy atom. The number of non-ortho nitro benzene ring substituents is 1. The van der Waals surface area contributed by atoms with Crippen LogP contribution in [0.2, 0.25) is 0 Å². The summed E-state index contributed by atoms with van der Waals surface area (Å²) < 4.78 is 26.9. The van der Waals surface area contributed by atoms with Crippen LogP contribution in [0.4, 0.5) is 11.4 Å². The molecule has 1 aromatic carbocycles. The lowest BCUT2D eigenvalue weighted by atomic mass is 10.1. The van der Waals surface area contributed by atoms with Crippen LogP contribution in [0, 0.1) is 16.0 Å². The first kappa shape index (κ1) is 17.8. The molecule has 0 spiro atoms. The zero-order valence-electron chi connectivity index (χ0n) is 12.7. The number of nitro groups is 1. The minimum Gasteiger partial charge on any atom is -0.465 e. The summed E-state index contributed by atoms with van der Waals surface area (Å²) in [4.78, 5) is 35.3. The van der Waals surface area contributed by atoms with Gasteiger partial charge >= 0.3 is 5.97 Å². The number of carbonyl (C=O) groups excluding carboxylic acids is 2. The van der Waals surface area contributed by atoms with Crippen molar-refractivity contribution in [3.8, 4) is 0 Å². The third-order valence-electron chi connectivity index (χ3n) is 3.52. The van der Waals surface area contributed by atoms with E-state index in [1.54, 1.807) is 0 Å². The zero-order chi connectivity index (χ0) is 18.1. The molecule has 10 nitrogen and oxygen atoms in total. The fourth-order valence-electron chi connectivity index (χ4n) is 2.56. The maximum Gasteiger partial charge on any atom is 0.338 e. The highest BCUT2D eigenvalue weighted by Crippen LogP contribution is 2.30. The predicted octanol–water partition coefficient (Wildman–Crippen LogP) is 0.0228. The van der Waals surface area contributed by atoms with Crippen LogP contribution in [0.5, 0.6) is 0 Å². The van der Waals surface area contributed by atoms with Gasteiger partial charge in [0.15, 0.2) is 0 Å². The van der Waals surface area contributed by atoms with Crippen LogP contribution in [-0.4, -0.2) is 44.6 Å². The molecule has 24 heavy (non-hydrogen) atoms. The Balaban J connectivity index is 2.37. The Labute approximate surface area is 137 Å². The molecule has 11 heteroatoms. The number of methoxy groups -OCH3 is 1. The number of esters is 1. The molecule has 1 aromatic rings. The number of nitro benzene ring substituents is 1. The molecule has 0 aliphatic carbocycles. The molecule has 0 saturated carbocycles. The van der Waals surface area contributed by atoms with E-state index in [1.165, 1.54) is 11.0 Å². The monoisotopic (exact) mass is 357 g/mol. The van der Waals surface area contributed by atoms with Crippen molar-refractivity contribution in [2.24, 2.45) is 11.1 Å². The van der Waals surface area contributed by atoms with Crippen LogP contribution in [0.15, 0.2) is 18.2 Å². The number of rotatable bonds is 5. The van der Waals surface area contributed by atoms with E-state index in [0.717, 1.165) is 19.2 Å². The quantitative estimate of drug-likeness (QED) is 0.443. The Morgan fingerprint density at radius 3 is 2.67 bits per heavy atom. The number of primary sulfonamides is 1. The van der Waals surface area contributed by atoms with E-state index in [0.29, 0.717) is 0 Å². The molecule has 1 fully saturated rings. The number of anilines is 1. The summed E-state index contributed by atoms with van der Waals surface area (Å²) in [6.45, 7) is 0.0387. The van der Waals surface area contributed by atoms with Crippen molar-refractivity contribution in [3.05, 3.63) is 33.9 Å². The van der Waals surface area contributed by atoms with E-state index in [4.69, 9.17) is 5.14 Å². The van der Waals surface area contributed by atoms with Gasteiger partial charge in [-0.3, -0.25) is 14.9 Å². The first-order chi connectivity index (χ1) is 11.1. The van der Waals surface area contributed by atoms with Crippen molar-refractivity contribution in [1.29, 1.82) is 0 Å². The van der Waals surface area contributed by atoms with Gasteiger partial charge in [-0.25, -0.2) is 18.4 Å². The average molecular weight is 357 g/mol. The van der Waals surface area contributed by atoms with Crippen molar-refractivity contribution in [2.75, 3.05) is 24.3 Å². The van der Waals surface area contributed by atoms with Gasteiger partial charge in [0.1, 0.15) is 0 Å². The van der Waals surface area contributed by atoms with Gasteiger partial charge in [0.05, 0.1) is 29.0 Å². The summed E-state index contributed by atoms with van der Waals surface area (Å²) in [5.74, 6) is -2.07. The Kier molecular flexibility index (Phi) is 4.85. The molecule has 1 amide bonds. The smallest absolute Gasteiger partial charge is 0.338 e. The number of carbonyl (C=O) groups is 2. The number of sulfonamides is 1. The molecular weight excluding hydrogens is 342 g/mol. The largest absolute Gasteiger partial charge is 0.465 e. The lowest BCUT2D eigenvalue weighted by Gasteiger charge is -2.17. The number of hydrogen-bond acceptors (Lipinski definition) is 7. The molecule has 1 aliphatic rings. The lowest BCUT2D eigenvalue weighted by Crippen LogP contribution is -2.27. The van der Waals surface area contributed by atoms with Gasteiger partial charge < -0.3 is 9.64 Å². The molecule has 0 radical (unpaired) electrons. The lowest BCUT2D eigenvalue weighted by molar-refractivity contribution is -0.384. The fraction of sp³-hybridized carbons (Fsp3) is 0.385.